The van der Waals surface area contributed by atoms with Crippen molar-refractivity contribution in [2.75, 3.05) is 0 Å². The quantitative estimate of drug-likeness (QED) is 0.195. The van der Waals surface area contributed by atoms with Crippen LogP contribution in [0.4, 0.5) is 0 Å². The molecule has 0 aromatic heterocycles. The van der Waals surface area contributed by atoms with Crippen LogP contribution in [0, 0.1) is 25.2 Å². The van der Waals surface area contributed by atoms with Crippen LogP contribution in [0.1, 0.15) is 128 Å². The molecular formula is C45H60Zr. The standard InChI is InChI=1S/C23H29.C13H19.C6H5.C2H5.CH2.Zr/c1-14-9-16-11-17-10-15(2)21(23(6,7)8)13-19(17)18(16)12-20(14)22(3,4)5;1-11-6-7-12(10-11)13(2)8-4-3-5-9-13;1-2-4-6-5-3-1;1-2;;/h9,12-13H,11H2,1-8H3;7,10-11H,3-5,8-9H2,1-2H3;1-5H;1H2,2H3;1H2;. The molecule has 0 aliphatic heterocycles. The van der Waals surface area contributed by atoms with Crippen molar-refractivity contribution in [1.29, 1.82) is 0 Å². The van der Waals surface area contributed by atoms with Crippen molar-refractivity contribution in [2.24, 2.45) is 11.3 Å². The molecule has 46 heavy (non-hydrogen) atoms. The zero-order valence-electron chi connectivity index (χ0n) is 31.0. The Hall–Kier alpha value is -2.11. The molecule has 0 amide bonds. The van der Waals surface area contributed by atoms with Crippen molar-refractivity contribution in [1.82, 2.24) is 0 Å². The fourth-order valence-electron chi connectivity index (χ4n) is 10.3. The van der Waals surface area contributed by atoms with Crippen LogP contribution in [0.3, 0.4) is 0 Å². The first-order valence-corrected chi connectivity index (χ1v) is 25.4. The van der Waals surface area contributed by atoms with Crippen LogP contribution >= 0.6 is 0 Å². The number of rotatable bonds is 5. The van der Waals surface area contributed by atoms with Crippen LogP contribution in [-0.4, -0.2) is 4.21 Å². The molecule has 0 spiro atoms. The number of fused-ring (bicyclic) bond motifs is 3. The summed E-state index contributed by atoms with van der Waals surface area (Å²) in [6, 6.07) is 19.4. The van der Waals surface area contributed by atoms with Crippen molar-refractivity contribution in [3.63, 3.8) is 0 Å². The normalized spacial score (nSPS) is 19.9. The summed E-state index contributed by atoms with van der Waals surface area (Å²) in [5.41, 5.74) is 14.0. The molecule has 0 saturated heterocycles. The van der Waals surface area contributed by atoms with E-state index in [4.69, 9.17) is 4.21 Å². The molecule has 0 radical (unpaired) electrons. The topological polar surface area (TPSA) is 0 Å². The first-order chi connectivity index (χ1) is 21.4. The van der Waals surface area contributed by atoms with E-state index in [9.17, 15) is 0 Å². The van der Waals surface area contributed by atoms with Gasteiger partial charge in [-0.3, -0.25) is 0 Å². The summed E-state index contributed by atoms with van der Waals surface area (Å²) in [5.74, 6) is 0.406. The average Bonchev–Trinajstić information content (AvgIpc) is 3.56. The van der Waals surface area contributed by atoms with Crippen molar-refractivity contribution < 1.29 is 18.3 Å². The summed E-state index contributed by atoms with van der Waals surface area (Å²) in [6.45, 7) is 26.7. The van der Waals surface area contributed by atoms with Gasteiger partial charge in [0.2, 0.25) is 0 Å². The van der Waals surface area contributed by atoms with E-state index in [-0.39, 0.29) is 16.2 Å². The molecule has 6 rings (SSSR count). The van der Waals surface area contributed by atoms with Gasteiger partial charge in [-0.2, -0.15) is 0 Å². The van der Waals surface area contributed by atoms with E-state index in [2.05, 4.69) is 137 Å². The van der Waals surface area contributed by atoms with E-state index < -0.39 is 18.3 Å². The molecule has 1 heteroatoms. The summed E-state index contributed by atoms with van der Waals surface area (Å²) in [6.07, 6.45) is 13.2. The zero-order valence-corrected chi connectivity index (χ0v) is 33.5. The molecule has 1 saturated carbocycles. The number of hydrogen-bond donors (Lipinski definition) is 0. The molecular weight excluding hydrogens is 632 g/mol. The van der Waals surface area contributed by atoms with Crippen molar-refractivity contribution >= 4 is 10.8 Å². The molecule has 1 atom stereocenters. The Bertz CT molecular complexity index is 1820. The maximum atomic E-state index is 5.80. The zero-order chi connectivity index (χ0) is 33.5. The predicted molar refractivity (Wildman–Crippen MR) is 201 cm³/mol. The second kappa shape index (κ2) is 11.2. The number of allylic oxidation sites excluding steroid dienone is 4. The Kier molecular flexibility index (Phi) is 8.24. The van der Waals surface area contributed by atoms with E-state index in [1.54, 1.807) is 17.7 Å². The van der Waals surface area contributed by atoms with Crippen molar-refractivity contribution in [3.05, 3.63) is 103 Å². The molecule has 3 aromatic rings. The summed E-state index contributed by atoms with van der Waals surface area (Å²) in [5, 5.41) is 0. The Morgan fingerprint density at radius 3 is 2.04 bits per heavy atom. The van der Waals surface area contributed by atoms with Crippen LogP contribution in [0.25, 0.3) is 11.1 Å². The van der Waals surface area contributed by atoms with Gasteiger partial charge in [-0.15, -0.1) is 0 Å². The maximum absolute atomic E-state index is 5.80. The van der Waals surface area contributed by atoms with Gasteiger partial charge in [0.15, 0.2) is 0 Å². The van der Waals surface area contributed by atoms with E-state index in [0.29, 0.717) is 5.92 Å². The van der Waals surface area contributed by atoms with Gasteiger partial charge in [0, 0.05) is 0 Å². The van der Waals surface area contributed by atoms with Crippen LogP contribution in [0.15, 0.2) is 69.5 Å². The van der Waals surface area contributed by atoms with E-state index in [1.165, 1.54) is 74.3 Å². The third-order valence-electron chi connectivity index (χ3n) is 12.9. The number of hydrogen-bond acceptors (Lipinski definition) is 0. The monoisotopic (exact) mass is 690 g/mol. The Morgan fingerprint density at radius 2 is 1.46 bits per heavy atom. The van der Waals surface area contributed by atoms with Gasteiger partial charge >= 0.3 is 284 Å². The van der Waals surface area contributed by atoms with Crippen LogP contribution in [-0.2, 0) is 35.5 Å². The first-order valence-electron chi connectivity index (χ1n) is 18.3. The van der Waals surface area contributed by atoms with E-state index >= 15 is 0 Å². The summed E-state index contributed by atoms with van der Waals surface area (Å²) < 4.78 is 11.8. The summed E-state index contributed by atoms with van der Waals surface area (Å²) in [7, 11) is 0. The molecule has 244 valence electrons. The van der Waals surface area contributed by atoms with Gasteiger partial charge in [-0.1, -0.05) is 0 Å². The first kappa shape index (κ1) is 33.8. The molecule has 1 unspecified atom stereocenters. The van der Waals surface area contributed by atoms with E-state index in [0.717, 1.165) is 10.5 Å². The SMILES string of the molecule is [CH2]=[Zr]([CH2]C)([C]1=CC(C2(C)CCCCC2)=CC1C)([c]1ccccc1)[c]1c(C)c(C(C)(C)C)cc2c1Cc1cc(C)c(C(C)(C)C)cc1-2. The fraction of sp³-hybridized carbons (Fsp3) is 0.489. The van der Waals surface area contributed by atoms with Gasteiger partial charge < -0.3 is 0 Å². The van der Waals surface area contributed by atoms with Crippen LogP contribution in [0.5, 0.6) is 0 Å². The molecule has 0 N–H and O–H groups in total. The summed E-state index contributed by atoms with van der Waals surface area (Å²) >= 11 is -4.52. The number of aryl methyl sites for hydroxylation is 1. The van der Waals surface area contributed by atoms with Crippen LogP contribution in [0.2, 0.25) is 4.13 Å². The second-order valence-corrected chi connectivity index (χ2v) is 32.1. The molecule has 3 aliphatic rings. The van der Waals surface area contributed by atoms with Gasteiger partial charge in [0.25, 0.3) is 0 Å². The third kappa shape index (κ3) is 5.04. The minimum atomic E-state index is -4.52. The van der Waals surface area contributed by atoms with Crippen molar-refractivity contribution in [2.45, 2.75) is 130 Å². The van der Waals surface area contributed by atoms with Gasteiger partial charge in [0.05, 0.1) is 0 Å². The second-order valence-electron chi connectivity index (χ2n) is 18.0. The van der Waals surface area contributed by atoms with E-state index in [1.807, 2.05) is 0 Å². The van der Waals surface area contributed by atoms with Crippen molar-refractivity contribution in [3.8, 4) is 11.1 Å². The molecule has 1 fully saturated rings. The molecule has 0 heterocycles. The van der Waals surface area contributed by atoms with Gasteiger partial charge in [-0.05, 0) is 0 Å². The van der Waals surface area contributed by atoms with Crippen LogP contribution < -0.4 is 6.54 Å². The summed E-state index contributed by atoms with van der Waals surface area (Å²) in [4.78, 5) is 0. The van der Waals surface area contributed by atoms with Gasteiger partial charge in [0.1, 0.15) is 0 Å². The Morgan fingerprint density at radius 1 is 0.848 bits per heavy atom. The molecule has 3 aromatic carbocycles. The Labute approximate surface area is 282 Å². The molecule has 0 nitrogen and oxygen atoms in total. The predicted octanol–water partition coefficient (Wildman–Crippen LogP) is 11.4. The Balaban J connectivity index is 1.73. The molecule has 3 aliphatic carbocycles. The minimum absolute atomic E-state index is 0.0289. The van der Waals surface area contributed by atoms with Gasteiger partial charge in [-0.25, -0.2) is 0 Å². The fourth-order valence-corrected chi connectivity index (χ4v) is 26.9. The average molecular weight is 692 g/mol. The third-order valence-corrected chi connectivity index (χ3v) is 30.5. The molecule has 0 bridgehead atoms. The number of benzene rings is 3.